The van der Waals surface area contributed by atoms with Crippen molar-refractivity contribution in [2.24, 2.45) is 0 Å². The average Bonchev–Trinajstić information content (AvgIpc) is 2.81. The van der Waals surface area contributed by atoms with Gasteiger partial charge in [0, 0.05) is 25.7 Å². The second-order valence-electron chi connectivity index (χ2n) is 3.87. The van der Waals surface area contributed by atoms with Crippen molar-refractivity contribution in [3.8, 4) is 0 Å². The molecule has 1 aromatic heterocycles. The number of rotatable bonds is 4. The Balaban J connectivity index is 2.17. The molecule has 2 rings (SSSR count). The fraction of sp³-hybridized carbons (Fsp3) is 0.333. The zero-order chi connectivity index (χ0) is 12.3. The van der Waals surface area contributed by atoms with Crippen LogP contribution in [0.1, 0.15) is 10.4 Å². The Morgan fingerprint density at radius 3 is 3.12 bits per heavy atom. The first-order chi connectivity index (χ1) is 8.22. The molecule has 0 unspecified atom stereocenters. The zero-order valence-corrected chi connectivity index (χ0v) is 10.8. The molecule has 2 aromatic rings. The van der Waals surface area contributed by atoms with Crippen LogP contribution in [0.2, 0.25) is 0 Å². The second-order valence-corrected chi connectivity index (χ2v) is 4.75. The first-order valence-electron chi connectivity index (χ1n) is 5.45. The Labute approximate surface area is 104 Å². The summed E-state index contributed by atoms with van der Waals surface area (Å²) >= 11 is 1.55. The zero-order valence-electron chi connectivity index (χ0n) is 9.93. The first-order valence-corrected chi connectivity index (χ1v) is 6.33. The lowest BCUT2D eigenvalue weighted by atomic mass is 10.2. The highest BCUT2D eigenvalue weighted by molar-refractivity contribution is 7.16. The van der Waals surface area contributed by atoms with E-state index in [4.69, 9.17) is 0 Å². The van der Waals surface area contributed by atoms with Gasteiger partial charge in [-0.2, -0.15) is 0 Å². The third kappa shape index (κ3) is 2.62. The SMILES string of the molecule is CNCCN(C)C(=O)c1ccc2ncsc2c1. The molecule has 0 radical (unpaired) electrons. The molecule has 90 valence electrons. The van der Waals surface area contributed by atoms with Crippen LogP contribution in [0.3, 0.4) is 0 Å². The lowest BCUT2D eigenvalue weighted by Gasteiger charge is -2.16. The Morgan fingerprint density at radius 1 is 1.53 bits per heavy atom. The lowest BCUT2D eigenvalue weighted by molar-refractivity contribution is 0.0797. The fourth-order valence-electron chi connectivity index (χ4n) is 1.59. The monoisotopic (exact) mass is 249 g/mol. The Kier molecular flexibility index (Phi) is 3.71. The first kappa shape index (κ1) is 12.0. The van der Waals surface area contributed by atoms with Gasteiger partial charge in [-0.05, 0) is 25.2 Å². The van der Waals surface area contributed by atoms with Crippen LogP contribution in [0.5, 0.6) is 0 Å². The molecule has 0 aliphatic rings. The number of nitrogens with zero attached hydrogens (tertiary/aromatic N) is 2. The third-order valence-corrected chi connectivity index (χ3v) is 3.41. The smallest absolute Gasteiger partial charge is 0.253 e. The summed E-state index contributed by atoms with van der Waals surface area (Å²) in [5, 5.41) is 3.03. The van der Waals surface area contributed by atoms with Gasteiger partial charge in [-0.15, -0.1) is 11.3 Å². The number of benzene rings is 1. The van der Waals surface area contributed by atoms with Crippen LogP contribution in [-0.2, 0) is 0 Å². The molecular formula is C12H15N3OS. The summed E-state index contributed by atoms with van der Waals surface area (Å²) in [6.07, 6.45) is 0. The van der Waals surface area contributed by atoms with Gasteiger partial charge in [0.15, 0.2) is 0 Å². The van der Waals surface area contributed by atoms with E-state index in [0.29, 0.717) is 6.54 Å². The maximum atomic E-state index is 12.1. The van der Waals surface area contributed by atoms with Gasteiger partial charge in [-0.3, -0.25) is 4.79 Å². The number of fused-ring (bicyclic) bond motifs is 1. The molecule has 1 N–H and O–H groups in total. The number of hydrogen-bond acceptors (Lipinski definition) is 4. The van der Waals surface area contributed by atoms with Crippen molar-refractivity contribution in [2.75, 3.05) is 27.2 Å². The minimum absolute atomic E-state index is 0.0514. The number of amides is 1. The van der Waals surface area contributed by atoms with Crippen molar-refractivity contribution in [3.05, 3.63) is 29.3 Å². The average molecular weight is 249 g/mol. The van der Waals surface area contributed by atoms with Crippen LogP contribution >= 0.6 is 11.3 Å². The summed E-state index contributed by atoms with van der Waals surface area (Å²) in [6, 6.07) is 5.64. The summed E-state index contributed by atoms with van der Waals surface area (Å²) in [7, 11) is 3.69. The molecule has 0 fully saturated rings. The number of thiazole rings is 1. The van der Waals surface area contributed by atoms with Crippen molar-refractivity contribution in [3.63, 3.8) is 0 Å². The molecule has 0 aliphatic heterocycles. The van der Waals surface area contributed by atoms with Crippen molar-refractivity contribution >= 4 is 27.5 Å². The number of carbonyl (C=O) groups is 1. The summed E-state index contributed by atoms with van der Waals surface area (Å²) in [5.74, 6) is 0.0514. The standard InChI is InChI=1S/C12H15N3OS/c1-13-5-6-15(2)12(16)9-3-4-10-11(7-9)17-8-14-10/h3-4,7-8,13H,5-6H2,1-2H3. The molecule has 5 heteroatoms. The molecule has 1 aromatic carbocycles. The number of hydrogen-bond donors (Lipinski definition) is 1. The summed E-state index contributed by atoms with van der Waals surface area (Å²) in [5.41, 5.74) is 3.47. The summed E-state index contributed by atoms with van der Waals surface area (Å²) in [6.45, 7) is 1.50. The molecule has 17 heavy (non-hydrogen) atoms. The van der Waals surface area contributed by atoms with E-state index in [0.717, 1.165) is 22.3 Å². The van der Waals surface area contributed by atoms with Gasteiger partial charge in [0.1, 0.15) is 0 Å². The highest BCUT2D eigenvalue weighted by Gasteiger charge is 2.11. The van der Waals surface area contributed by atoms with Gasteiger partial charge in [-0.1, -0.05) is 0 Å². The molecule has 0 saturated heterocycles. The predicted octanol–water partition coefficient (Wildman–Crippen LogP) is 1.59. The van der Waals surface area contributed by atoms with E-state index in [1.165, 1.54) is 0 Å². The van der Waals surface area contributed by atoms with Gasteiger partial charge in [-0.25, -0.2) is 4.98 Å². The van der Waals surface area contributed by atoms with E-state index in [9.17, 15) is 4.79 Å². The fourth-order valence-corrected chi connectivity index (χ4v) is 2.31. The van der Waals surface area contributed by atoms with E-state index in [1.54, 1.807) is 21.7 Å². The normalized spacial score (nSPS) is 10.7. The molecule has 0 bridgehead atoms. The molecule has 0 atom stereocenters. The number of carbonyl (C=O) groups excluding carboxylic acids is 1. The van der Waals surface area contributed by atoms with Crippen molar-refractivity contribution in [1.82, 2.24) is 15.2 Å². The minimum atomic E-state index is 0.0514. The van der Waals surface area contributed by atoms with Crippen LogP contribution in [0.15, 0.2) is 23.7 Å². The number of aromatic nitrogens is 1. The largest absolute Gasteiger partial charge is 0.340 e. The van der Waals surface area contributed by atoms with E-state index < -0.39 is 0 Å². The minimum Gasteiger partial charge on any atom is -0.340 e. The maximum absolute atomic E-state index is 12.1. The molecule has 4 nitrogen and oxygen atoms in total. The van der Waals surface area contributed by atoms with Crippen LogP contribution in [0.4, 0.5) is 0 Å². The maximum Gasteiger partial charge on any atom is 0.253 e. The van der Waals surface area contributed by atoms with Crippen molar-refractivity contribution in [2.45, 2.75) is 0 Å². The molecule has 0 saturated carbocycles. The number of nitrogens with one attached hydrogen (secondary N) is 1. The van der Waals surface area contributed by atoms with E-state index in [-0.39, 0.29) is 5.91 Å². The van der Waals surface area contributed by atoms with Crippen LogP contribution in [0.25, 0.3) is 10.2 Å². The van der Waals surface area contributed by atoms with Crippen LogP contribution in [0, 0.1) is 0 Å². The summed E-state index contributed by atoms with van der Waals surface area (Å²) in [4.78, 5) is 18.0. The Bertz CT molecular complexity index is 523. The van der Waals surface area contributed by atoms with Crippen molar-refractivity contribution < 1.29 is 4.79 Å². The van der Waals surface area contributed by atoms with Gasteiger partial charge in [0.05, 0.1) is 15.7 Å². The van der Waals surface area contributed by atoms with Gasteiger partial charge in [0.25, 0.3) is 5.91 Å². The number of likely N-dealkylation sites (N-methyl/N-ethyl adjacent to an activating group) is 2. The molecule has 0 aliphatic carbocycles. The highest BCUT2D eigenvalue weighted by atomic mass is 32.1. The van der Waals surface area contributed by atoms with Gasteiger partial charge in [0.2, 0.25) is 0 Å². The second kappa shape index (κ2) is 5.25. The quantitative estimate of drug-likeness (QED) is 0.895. The van der Waals surface area contributed by atoms with E-state index in [2.05, 4.69) is 10.3 Å². The third-order valence-electron chi connectivity index (χ3n) is 2.62. The predicted molar refractivity (Wildman–Crippen MR) is 70.5 cm³/mol. The topological polar surface area (TPSA) is 45.2 Å². The Morgan fingerprint density at radius 2 is 2.35 bits per heavy atom. The van der Waals surface area contributed by atoms with Crippen LogP contribution < -0.4 is 5.32 Å². The van der Waals surface area contributed by atoms with Gasteiger partial charge >= 0.3 is 0 Å². The van der Waals surface area contributed by atoms with E-state index >= 15 is 0 Å². The van der Waals surface area contributed by atoms with E-state index in [1.807, 2.05) is 32.3 Å². The summed E-state index contributed by atoms with van der Waals surface area (Å²) < 4.78 is 1.05. The molecule has 1 amide bonds. The van der Waals surface area contributed by atoms with Gasteiger partial charge < -0.3 is 10.2 Å². The lowest BCUT2D eigenvalue weighted by Crippen LogP contribution is -2.32. The molecular weight excluding hydrogens is 234 g/mol. The highest BCUT2D eigenvalue weighted by Crippen LogP contribution is 2.19. The molecule has 1 heterocycles. The van der Waals surface area contributed by atoms with Crippen molar-refractivity contribution in [1.29, 1.82) is 0 Å². The molecule has 0 spiro atoms. The van der Waals surface area contributed by atoms with Crippen LogP contribution in [-0.4, -0.2) is 43.0 Å². The Hall–Kier alpha value is -1.46.